The quantitative estimate of drug-likeness (QED) is 0.607. The topological polar surface area (TPSA) is 103 Å². The molecule has 27 heavy (non-hydrogen) atoms. The number of carbonyl (C=O) groups excluding carboxylic acids is 3. The highest BCUT2D eigenvalue weighted by atomic mass is 16.5. The van der Waals surface area contributed by atoms with Crippen molar-refractivity contribution in [3.05, 3.63) is 18.2 Å². The number of urea groups is 1. The van der Waals surface area contributed by atoms with Crippen LogP contribution < -0.4 is 20.1 Å². The van der Waals surface area contributed by atoms with Crippen LogP contribution >= 0.6 is 0 Å². The Hall–Kier alpha value is -2.77. The third-order valence-corrected chi connectivity index (χ3v) is 3.63. The molecule has 0 bridgehead atoms. The number of hydrogen-bond donors (Lipinski definition) is 2. The summed E-state index contributed by atoms with van der Waals surface area (Å²) < 4.78 is 16.1. The van der Waals surface area contributed by atoms with E-state index in [0.717, 1.165) is 25.7 Å². The summed E-state index contributed by atoms with van der Waals surface area (Å²) in [4.78, 5) is 35.0. The highest BCUT2D eigenvalue weighted by Crippen LogP contribution is 2.31. The number of nitrogens with one attached hydrogen (secondary N) is 2. The van der Waals surface area contributed by atoms with Crippen molar-refractivity contribution in [3.8, 4) is 11.5 Å². The number of imide groups is 1. The first-order valence-corrected chi connectivity index (χ1v) is 9.20. The maximum atomic E-state index is 11.9. The predicted molar refractivity (Wildman–Crippen MR) is 98.9 cm³/mol. The zero-order valence-electron chi connectivity index (χ0n) is 15.7. The fraction of sp³-hybridized carbons (Fsp3) is 0.526. The van der Waals surface area contributed by atoms with E-state index in [4.69, 9.17) is 14.2 Å². The molecule has 0 aliphatic heterocycles. The number of anilines is 1. The predicted octanol–water partition coefficient (Wildman–Crippen LogP) is 2.87. The van der Waals surface area contributed by atoms with Crippen molar-refractivity contribution in [2.75, 3.05) is 25.1 Å². The van der Waals surface area contributed by atoms with Gasteiger partial charge in [0.15, 0.2) is 18.1 Å². The van der Waals surface area contributed by atoms with Gasteiger partial charge in [0.1, 0.15) is 0 Å². The number of benzene rings is 1. The summed E-state index contributed by atoms with van der Waals surface area (Å²) in [6, 6.07) is 4.28. The zero-order chi connectivity index (χ0) is 19.6. The molecule has 8 nitrogen and oxygen atoms in total. The molecule has 0 spiro atoms. The van der Waals surface area contributed by atoms with Gasteiger partial charge in [0.2, 0.25) is 0 Å². The summed E-state index contributed by atoms with van der Waals surface area (Å²) in [7, 11) is 0. The molecule has 0 radical (unpaired) electrons. The van der Waals surface area contributed by atoms with E-state index in [0.29, 0.717) is 30.4 Å². The Bertz CT molecular complexity index is 672. The van der Waals surface area contributed by atoms with Crippen LogP contribution in [0.5, 0.6) is 11.5 Å². The van der Waals surface area contributed by atoms with E-state index in [-0.39, 0.29) is 5.92 Å². The van der Waals surface area contributed by atoms with Crippen LogP contribution in [0.25, 0.3) is 0 Å². The fourth-order valence-corrected chi connectivity index (χ4v) is 2.14. The average Bonchev–Trinajstić information content (AvgIpc) is 3.48. The Morgan fingerprint density at radius 3 is 2.33 bits per heavy atom. The van der Waals surface area contributed by atoms with Gasteiger partial charge < -0.3 is 19.5 Å². The summed E-state index contributed by atoms with van der Waals surface area (Å²) in [5.74, 6) is -0.0634. The number of hydrogen-bond acceptors (Lipinski definition) is 6. The van der Waals surface area contributed by atoms with Crippen LogP contribution in [0.2, 0.25) is 0 Å². The molecule has 1 aliphatic rings. The Labute approximate surface area is 158 Å². The lowest BCUT2D eigenvalue weighted by Gasteiger charge is -2.14. The minimum absolute atomic E-state index is 0.0957. The molecule has 0 aromatic heterocycles. The fourth-order valence-electron chi connectivity index (χ4n) is 2.14. The molecule has 8 heteroatoms. The molecule has 0 unspecified atom stereocenters. The van der Waals surface area contributed by atoms with Gasteiger partial charge >= 0.3 is 12.0 Å². The van der Waals surface area contributed by atoms with Gasteiger partial charge in [0.25, 0.3) is 5.91 Å². The van der Waals surface area contributed by atoms with Gasteiger partial charge in [0, 0.05) is 11.8 Å². The molecule has 1 saturated carbocycles. The van der Waals surface area contributed by atoms with Gasteiger partial charge in [-0.05, 0) is 37.8 Å². The van der Waals surface area contributed by atoms with Gasteiger partial charge in [0.05, 0.1) is 19.1 Å². The van der Waals surface area contributed by atoms with Crippen LogP contribution in [-0.4, -0.2) is 37.7 Å². The third kappa shape index (κ3) is 7.16. The number of rotatable bonds is 10. The van der Waals surface area contributed by atoms with Crippen molar-refractivity contribution in [2.24, 2.45) is 5.92 Å². The van der Waals surface area contributed by atoms with Gasteiger partial charge in [-0.15, -0.1) is 0 Å². The SMILES string of the molecule is CCCOc1ccc(NC(=O)NC(=O)COC(=O)C2CC2)cc1OCCC. The molecular weight excluding hydrogens is 352 g/mol. The Kier molecular flexibility index (Phi) is 7.91. The lowest BCUT2D eigenvalue weighted by Crippen LogP contribution is -2.37. The first-order valence-electron chi connectivity index (χ1n) is 9.20. The van der Waals surface area contributed by atoms with E-state index in [1.54, 1.807) is 18.2 Å². The Balaban J connectivity index is 1.87. The van der Waals surface area contributed by atoms with Crippen molar-refractivity contribution >= 4 is 23.6 Å². The van der Waals surface area contributed by atoms with Gasteiger partial charge in [-0.25, -0.2) is 4.79 Å². The molecule has 0 heterocycles. The minimum Gasteiger partial charge on any atom is -0.490 e. The van der Waals surface area contributed by atoms with E-state index in [1.807, 2.05) is 13.8 Å². The number of esters is 1. The number of amides is 3. The lowest BCUT2D eigenvalue weighted by molar-refractivity contribution is -0.149. The standard InChI is InChI=1S/C19H26N2O6/c1-3-9-25-15-8-7-14(11-16(15)26-10-4-2)20-19(24)21-17(22)12-27-18(23)13-5-6-13/h7-8,11,13H,3-6,9-10,12H2,1-2H3,(H2,20,21,22,24). The molecule has 1 aromatic rings. The van der Waals surface area contributed by atoms with Crippen molar-refractivity contribution in [3.63, 3.8) is 0 Å². The van der Waals surface area contributed by atoms with E-state index in [1.165, 1.54) is 0 Å². The van der Waals surface area contributed by atoms with E-state index in [9.17, 15) is 14.4 Å². The van der Waals surface area contributed by atoms with Crippen molar-refractivity contribution in [1.29, 1.82) is 0 Å². The smallest absolute Gasteiger partial charge is 0.325 e. The molecular formula is C19H26N2O6. The normalized spacial score (nSPS) is 12.8. The first kappa shape index (κ1) is 20.5. The van der Waals surface area contributed by atoms with E-state index < -0.39 is 24.5 Å². The van der Waals surface area contributed by atoms with Crippen LogP contribution in [0, 0.1) is 5.92 Å². The Morgan fingerprint density at radius 1 is 1.04 bits per heavy atom. The van der Waals surface area contributed by atoms with Crippen molar-refractivity contribution in [1.82, 2.24) is 5.32 Å². The van der Waals surface area contributed by atoms with E-state index in [2.05, 4.69) is 10.6 Å². The van der Waals surface area contributed by atoms with Crippen LogP contribution in [0.4, 0.5) is 10.5 Å². The summed E-state index contributed by atoms with van der Waals surface area (Å²) in [5.41, 5.74) is 0.449. The van der Waals surface area contributed by atoms with Crippen LogP contribution in [0.1, 0.15) is 39.5 Å². The summed E-state index contributed by atoms with van der Waals surface area (Å²) in [6.45, 7) is 4.60. The maximum Gasteiger partial charge on any atom is 0.325 e. The lowest BCUT2D eigenvalue weighted by atomic mass is 10.2. The Morgan fingerprint density at radius 2 is 1.70 bits per heavy atom. The monoisotopic (exact) mass is 378 g/mol. The minimum atomic E-state index is -0.717. The third-order valence-electron chi connectivity index (χ3n) is 3.63. The molecule has 1 aliphatic carbocycles. The molecule has 3 amide bonds. The molecule has 0 saturated heterocycles. The summed E-state index contributed by atoms with van der Waals surface area (Å²) in [5, 5.41) is 4.67. The van der Waals surface area contributed by atoms with Crippen molar-refractivity contribution < 1.29 is 28.6 Å². The van der Waals surface area contributed by atoms with Crippen LogP contribution in [0.15, 0.2) is 18.2 Å². The molecule has 2 rings (SSSR count). The van der Waals surface area contributed by atoms with E-state index >= 15 is 0 Å². The second-order valence-corrected chi connectivity index (χ2v) is 6.24. The average molecular weight is 378 g/mol. The zero-order valence-corrected chi connectivity index (χ0v) is 15.7. The number of carbonyl (C=O) groups is 3. The molecule has 1 aromatic carbocycles. The molecule has 0 atom stereocenters. The van der Waals surface area contributed by atoms with Gasteiger partial charge in [-0.2, -0.15) is 0 Å². The second kappa shape index (κ2) is 10.4. The van der Waals surface area contributed by atoms with Gasteiger partial charge in [-0.3, -0.25) is 14.9 Å². The van der Waals surface area contributed by atoms with Crippen molar-refractivity contribution in [2.45, 2.75) is 39.5 Å². The maximum absolute atomic E-state index is 11.9. The van der Waals surface area contributed by atoms with Crippen LogP contribution in [-0.2, 0) is 14.3 Å². The van der Waals surface area contributed by atoms with Gasteiger partial charge in [-0.1, -0.05) is 13.8 Å². The highest BCUT2D eigenvalue weighted by Gasteiger charge is 2.31. The number of ether oxygens (including phenoxy) is 3. The second-order valence-electron chi connectivity index (χ2n) is 6.24. The largest absolute Gasteiger partial charge is 0.490 e. The van der Waals surface area contributed by atoms with Crippen LogP contribution in [0.3, 0.4) is 0 Å². The summed E-state index contributed by atoms with van der Waals surface area (Å²) in [6.07, 6.45) is 3.28. The first-order chi connectivity index (χ1) is 13.0. The molecule has 1 fully saturated rings. The molecule has 2 N–H and O–H groups in total. The highest BCUT2D eigenvalue weighted by molar-refractivity contribution is 6.02. The molecule has 148 valence electrons. The summed E-state index contributed by atoms with van der Waals surface area (Å²) >= 11 is 0.